The Bertz CT molecular complexity index is 184. The van der Waals surface area contributed by atoms with Crippen LogP contribution in [0.3, 0.4) is 0 Å². The van der Waals surface area contributed by atoms with Gasteiger partial charge >= 0.3 is 0 Å². The van der Waals surface area contributed by atoms with Crippen molar-refractivity contribution >= 4 is 0 Å². The summed E-state index contributed by atoms with van der Waals surface area (Å²) < 4.78 is 0. The molecule has 1 saturated carbocycles. The summed E-state index contributed by atoms with van der Waals surface area (Å²) in [5.74, 6) is 0. The summed E-state index contributed by atoms with van der Waals surface area (Å²) in [5, 5.41) is 9.10. The Balaban J connectivity index is 2.88. The molecule has 0 aromatic heterocycles. The number of hydrogen-bond acceptors (Lipinski definition) is 2. The number of aliphatic hydroxyl groups is 1. The molecule has 1 atom stereocenters. The summed E-state index contributed by atoms with van der Waals surface area (Å²) >= 11 is 0. The molecule has 0 heterocycles. The van der Waals surface area contributed by atoms with Crippen LogP contribution in [0.2, 0.25) is 0 Å². The van der Waals surface area contributed by atoms with Crippen LogP contribution in [0, 0.1) is 10.8 Å². The highest BCUT2D eigenvalue weighted by molar-refractivity contribution is 5.10. The first-order valence-electron chi connectivity index (χ1n) is 5.17. The lowest BCUT2D eigenvalue weighted by Gasteiger charge is -2.47. The maximum absolute atomic E-state index is 9.10. The lowest BCUT2D eigenvalue weighted by Crippen LogP contribution is -2.53. The molecule has 0 saturated heterocycles. The topological polar surface area (TPSA) is 46.2 Å². The van der Waals surface area contributed by atoms with Crippen LogP contribution in [-0.4, -0.2) is 17.3 Å². The van der Waals surface area contributed by atoms with Crippen molar-refractivity contribution in [3.8, 4) is 0 Å². The van der Waals surface area contributed by atoms with Crippen LogP contribution in [0.4, 0.5) is 0 Å². The van der Waals surface area contributed by atoms with Crippen molar-refractivity contribution < 1.29 is 5.11 Å². The van der Waals surface area contributed by atoms with Gasteiger partial charge in [0.1, 0.15) is 0 Å². The van der Waals surface area contributed by atoms with Crippen LogP contribution in [0.15, 0.2) is 0 Å². The van der Waals surface area contributed by atoms with E-state index in [-0.39, 0.29) is 17.6 Å². The van der Waals surface area contributed by atoms with E-state index in [9.17, 15) is 0 Å². The van der Waals surface area contributed by atoms with Gasteiger partial charge in [0.2, 0.25) is 0 Å². The van der Waals surface area contributed by atoms with Gasteiger partial charge in [0.25, 0.3) is 0 Å². The van der Waals surface area contributed by atoms with E-state index in [2.05, 4.69) is 27.7 Å². The molecule has 1 unspecified atom stereocenters. The molecule has 0 aliphatic heterocycles. The number of nitrogens with two attached hydrogens (primary N) is 1. The zero-order valence-electron chi connectivity index (χ0n) is 9.35. The highest BCUT2D eigenvalue weighted by atomic mass is 16.3. The molecule has 2 heteroatoms. The van der Waals surface area contributed by atoms with Crippen LogP contribution in [0.25, 0.3) is 0 Å². The summed E-state index contributed by atoms with van der Waals surface area (Å²) in [6.45, 7) is 8.90. The van der Waals surface area contributed by atoms with Gasteiger partial charge in [-0.05, 0) is 43.9 Å². The third kappa shape index (κ3) is 1.62. The first kappa shape index (κ1) is 11.0. The minimum absolute atomic E-state index is 0.0642. The van der Waals surface area contributed by atoms with Gasteiger partial charge in [-0.3, -0.25) is 0 Å². The van der Waals surface area contributed by atoms with E-state index in [1.165, 1.54) is 12.8 Å². The number of hydrogen-bond donors (Lipinski definition) is 2. The minimum Gasteiger partial charge on any atom is -0.396 e. The van der Waals surface area contributed by atoms with Gasteiger partial charge in [-0.25, -0.2) is 0 Å². The molecule has 0 amide bonds. The first-order chi connectivity index (χ1) is 5.77. The summed E-state index contributed by atoms with van der Waals surface area (Å²) in [7, 11) is 0. The molecule has 1 aliphatic carbocycles. The van der Waals surface area contributed by atoms with Crippen LogP contribution in [0.1, 0.15) is 47.0 Å². The maximum atomic E-state index is 9.10. The highest BCUT2D eigenvalue weighted by Crippen LogP contribution is 2.63. The molecule has 0 spiro atoms. The Hall–Kier alpha value is -0.0800. The Morgan fingerprint density at radius 3 is 2.00 bits per heavy atom. The SMILES string of the molecule is CC(C)(N)C(C)(CCO)C1(C)CC1. The Kier molecular flexibility index (Phi) is 2.50. The van der Waals surface area contributed by atoms with Crippen molar-refractivity contribution in [3.05, 3.63) is 0 Å². The molecule has 0 aromatic carbocycles. The molecule has 3 N–H and O–H groups in total. The average molecular weight is 185 g/mol. The molecule has 13 heavy (non-hydrogen) atoms. The van der Waals surface area contributed by atoms with Crippen LogP contribution in [-0.2, 0) is 0 Å². The highest BCUT2D eigenvalue weighted by Gasteiger charge is 2.57. The molecule has 1 rings (SSSR count). The fourth-order valence-corrected chi connectivity index (χ4v) is 2.36. The van der Waals surface area contributed by atoms with Crippen molar-refractivity contribution in [2.24, 2.45) is 16.6 Å². The van der Waals surface area contributed by atoms with Crippen molar-refractivity contribution in [1.82, 2.24) is 0 Å². The Morgan fingerprint density at radius 1 is 1.31 bits per heavy atom. The van der Waals surface area contributed by atoms with Gasteiger partial charge in [0.05, 0.1) is 0 Å². The van der Waals surface area contributed by atoms with E-state index < -0.39 is 0 Å². The predicted molar refractivity (Wildman–Crippen MR) is 55.4 cm³/mol. The second-order valence-corrected chi connectivity index (χ2v) is 5.59. The second-order valence-electron chi connectivity index (χ2n) is 5.59. The molecule has 0 bridgehead atoms. The standard InChI is InChI=1S/C11H23NO/c1-9(2,12)11(4,7-8-13)10(3)5-6-10/h13H,5-8,12H2,1-4H3. The molecule has 1 fully saturated rings. The fraction of sp³-hybridized carbons (Fsp3) is 1.00. The Labute approximate surface area is 81.5 Å². The maximum Gasteiger partial charge on any atom is 0.0437 e. The Morgan fingerprint density at radius 2 is 1.77 bits per heavy atom. The summed E-state index contributed by atoms with van der Waals surface area (Å²) in [5.41, 5.74) is 6.43. The van der Waals surface area contributed by atoms with Gasteiger partial charge < -0.3 is 10.8 Å². The van der Waals surface area contributed by atoms with Crippen molar-refractivity contribution in [1.29, 1.82) is 0 Å². The number of aliphatic hydroxyl groups excluding tert-OH is 1. The van der Waals surface area contributed by atoms with E-state index in [0.29, 0.717) is 5.41 Å². The molecule has 78 valence electrons. The van der Waals surface area contributed by atoms with Crippen LogP contribution in [0.5, 0.6) is 0 Å². The molecule has 0 radical (unpaired) electrons. The third-order valence-corrected chi connectivity index (χ3v) is 4.37. The summed E-state index contributed by atoms with van der Waals surface area (Å²) in [4.78, 5) is 0. The lowest BCUT2D eigenvalue weighted by molar-refractivity contribution is 0.0449. The fourth-order valence-electron chi connectivity index (χ4n) is 2.36. The minimum atomic E-state index is -0.207. The second kappa shape index (κ2) is 2.96. The predicted octanol–water partition coefficient (Wildman–Crippen LogP) is 1.91. The molecule has 0 aromatic rings. The van der Waals surface area contributed by atoms with Gasteiger partial charge in [-0.1, -0.05) is 13.8 Å². The summed E-state index contributed by atoms with van der Waals surface area (Å²) in [6.07, 6.45) is 3.32. The van der Waals surface area contributed by atoms with Gasteiger partial charge in [-0.15, -0.1) is 0 Å². The lowest BCUT2D eigenvalue weighted by atomic mass is 9.62. The van der Waals surface area contributed by atoms with Crippen molar-refractivity contribution in [2.45, 2.75) is 52.5 Å². The quantitative estimate of drug-likeness (QED) is 0.703. The smallest absolute Gasteiger partial charge is 0.0437 e. The molecular weight excluding hydrogens is 162 g/mol. The molecular formula is C11H23NO. The van der Waals surface area contributed by atoms with Crippen molar-refractivity contribution in [3.63, 3.8) is 0 Å². The molecule has 1 aliphatic rings. The van der Waals surface area contributed by atoms with Gasteiger partial charge in [0.15, 0.2) is 0 Å². The van der Waals surface area contributed by atoms with E-state index >= 15 is 0 Å². The van der Waals surface area contributed by atoms with E-state index in [0.717, 1.165) is 6.42 Å². The van der Waals surface area contributed by atoms with Crippen LogP contribution < -0.4 is 5.73 Å². The van der Waals surface area contributed by atoms with Crippen molar-refractivity contribution in [2.75, 3.05) is 6.61 Å². The van der Waals surface area contributed by atoms with E-state index in [1.54, 1.807) is 0 Å². The first-order valence-corrected chi connectivity index (χ1v) is 5.17. The summed E-state index contributed by atoms with van der Waals surface area (Å²) in [6, 6.07) is 0. The largest absolute Gasteiger partial charge is 0.396 e. The van der Waals surface area contributed by atoms with E-state index in [4.69, 9.17) is 10.8 Å². The van der Waals surface area contributed by atoms with Gasteiger partial charge in [0, 0.05) is 12.1 Å². The normalized spacial score (nSPS) is 25.4. The van der Waals surface area contributed by atoms with Gasteiger partial charge in [-0.2, -0.15) is 0 Å². The van der Waals surface area contributed by atoms with Crippen LogP contribution >= 0.6 is 0 Å². The third-order valence-electron chi connectivity index (χ3n) is 4.37. The number of rotatable bonds is 4. The van der Waals surface area contributed by atoms with E-state index in [1.807, 2.05) is 0 Å². The zero-order chi connectivity index (χ0) is 10.3. The zero-order valence-corrected chi connectivity index (χ0v) is 9.35. The monoisotopic (exact) mass is 185 g/mol. The molecule has 2 nitrogen and oxygen atoms in total. The average Bonchev–Trinajstić information content (AvgIpc) is 2.67.